The van der Waals surface area contributed by atoms with Crippen LogP contribution in [0.3, 0.4) is 0 Å². The second kappa shape index (κ2) is 5.09. The molecule has 1 rings (SSSR count). The summed E-state index contributed by atoms with van der Waals surface area (Å²) in [6.07, 6.45) is 0. The Kier molecular flexibility index (Phi) is 4.05. The van der Waals surface area contributed by atoms with Gasteiger partial charge in [0.2, 0.25) is 5.91 Å². The predicted octanol–water partition coefficient (Wildman–Crippen LogP) is 0.973. The molecule has 5 nitrogen and oxygen atoms in total. The fraction of sp³-hybridized carbons (Fsp3) is 0.333. The molecule has 0 radical (unpaired) electrons. The van der Waals surface area contributed by atoms with Gasteiger partial charge in [0.15, 0.2) is 0 Å². The van der Waals surface area contributed by atoms with Gasteiger partial charge >= 0.3 is 0 Å². The lowest BCUT2D eigenvalue weighted by molar-refractivity contribution is -0.117. The van der Waals surface area contributed by atoms with Crippen LogP contribution in [-0.4, -0.2) is 24.0 Å². The Bertz CT molecular complexity index is 349. The Balaban J connectivity index is 2.76. The first-order valence-corrected chi connectivity index (χ1v) is 5.23. The van der Waals surface area contributed by atoms with Crippen molar-refractivity contribution in [3.8, 4) is 0 Å². The molecule has 0 saturated carbocycles. The molecule has 82 valence electrons. The van der Waals surface area contributed by atoms with Gasteiger partial charge in [-0.3, -0.25) is 4.79 Å². The first kappa shape index (κ1) is 11.9. The maximum atomic E-state index is 11.5. The van der Waals surface area contributed by atoms with Crippen molar-refractivity contribution in [1.29, 1.82) is 0 Å². The van der Waals surface area contributed by atoms with Crippen molar-refractivity contribution in [3.05, 3.63) is 16.6 Å². The Hall–Kier alpha value is -1.14. The van der Waals surface area contributed by atoms with Crippen LogP contribution in [0.2, 0.25) is 0 Å². The van der Waals surface area contributed by atoms with Crippen molar-refractivity contribution < 1.29 is 4.79 Å². The van der Waals surface area contributed by atoms with Crippen LogP contribution < -0.4 is 16.4 Å². The van der Waals surface area contributed by atoms with Crippen LogP contribution >= 0.6 is 15.9 Å². The summed E-state index contributed by atoms with van der Waals surface area (Å²) in [5.41, 5.74) is 5.54. The number of anilines is 2. The monoisotopic (exact) mass is 272 g/mol. The number of nitrogens with zero attached hydrogens (tertiary/aromatic N) is 1. The van der Waals surface area contributed by atoms with E-state index in [0.717, 1.165) is 4.47 Å². The van der Waals surface area contributed by atoms with E-state index < -0.39 is 0 Å². The summed E-state index contributed by atoms with van der Waals surface area (Å²) in [7, 11) is 1.72. The number of nitrogen functional groups attached to an aromatic ring is 1. The second-order valence-corrected chi connectivity index (χ2v) is 4.01. The first-order chi connectivity index (χ1) is 7.02. The molecule has 0 aromatic carbocycles. The molecule has 0 aliphatic heterocycles. The Labute approximate surface area is 96.6 Å². The number of pyridine rings is 1. The number of nitrogens with two attached hydrogens (primary N) is 1. The molecule has 15 heavy (non-hydrogen) atoms. The maximum Gasteiger partial charge on any atom is 0.242 e. The van der Waals surface area contributed by atoms with Crippen molar-refractivity contribution in [2.45, 2.75) is 13.0 Å². The molecule has 1 unspecified atom stereocenters. The van der Waals surface area contributed by atoms with Crippen LogP contribution in [0.25, 0.3) is 0 Å². The number of rotatable bonds is 3. The largest absolute Gasteiger partial charge is 0.384 e. The van der Waals surface area contributed by atoms with Gasteiger partial charge in [-0.1, -0.05) is 15.9 Å². The fourth-order valence-electron chi connectivity index (χ4n) is 0.947. The standard InChI is InChI=1S/C9H13BrN4O/c1-5(12-2)9(15)14-8-4-6(10)3-7(11)13-8/h3-5,12H,1-2H3,(H3,11,13,14,15). The highest BCUT2D eigenvalue weighted by Gasteiger charge is 2.11. The normalized spacial score (nSPS) is 12.2. The maximum absolute atomic E-state index is 11.5. The SMILES string of the molecule is CNC(C)C(=O)Nc1cc(Br)cc(N)n1. The molecule has 1 atom stereocenters. The van der Waals surface area contributed by atoms with Crippen molar-refractivity contribution in [3.63, 3.8) is 0 Å². The van der Waals surface area contributed by atoms with Gasteiger partial charge in [-0.15, -0.1) is 0 Å². The molecule has 1 heterocycles. The van der Waals surface area contributed by atoms with Gasteiger partial charge in [0, 0.05) is 4.47 Å². The van der Waals surface area contributed by atoms with E-state index in [2.05, 4.69) is 31.5 Å². The number of carbonyl (C=O) groups excluding carboxylic acids is 1. The molecule has 0 aliphatic carbocycles. The zero-order valence-electron chi connectivity index (χ0n) is 8.54. The topological polar surface area (TPSA) is 80.0 Å². The van der Waals surface area contributed by atoms with E-state index in [4.69, 9.17) is 5.73 Å². The van der Waals surface area contributed by atoms with Crippen LogP contribution in [0.4, 0.5) is 11.6 Å². The van der Waals surface area contributed by atoms with Crippen LogP contribution in [-0.2, 0) is 4.79 Å². The lowest BCUT2D eigenvalue weighted by atomic mass is 10.3. The third-order valence-corrected chi connectivity index (χ3v) is 2.35. The van der Waals surface area contributed by atoms with Crippen LogP contribution in [0.5, 0.6) is 0 Å². The number of hydrogen-bond acceptors (Lipinski definition) is 4. The molecule has 0 aliphatic rings. The Morgan fingerprint density at radius 1 is 1.60 bits per heavy atom. The number of likely N-dealkylation sites (N-methyl/N-ethyl adjacent to an activating group) is 1. The number of aromatic nitrogens is 1. The number of nitrogens with one attached hydrogen (secondary N) is 2. The fourth-order valence-corrected chi connectivity index (χ4v) is 1.40. The van der Waals surface area contributed by atoms with Crippen molar-refractivity contribution in [2.75, 3.05) is 18.1 Å². The molecule has 6 heteroatoms. The average Bonchev–Trinajstić information content (AvgIpc) is 2.14. The molecule has 1 aromatic rings. The number of amides is 1. The second-order valence-electron chi connectivity index (χ2n) is 3.10. The summed E-state index contributed by atoms with van der Waals surface area (Å²) in [5, 5.41) is 5.48. The molecular formula is C9H13BrN4O. The smallest absolute Gasteiger partial charge is 0.242 e. The van der Waals surface area contributed by atoms with E-state index in [9.17, 15) is 4.79 Å². The van der Waals surface area contributed by atoms with Crippen LogP contribution in [0, 0.1) is 0 Å². The Morgan fingerprint density at radius 2 is 2.27 bits per heavy atom. The number of hydrogen-bond donors (Lipinski definition) is 3. The summed E-state index contributed by atoms with van der Waals surface area (Å²) in [6, 6.07) is 3.08. The van der Waals surface area contributed by atoms with E-state index in [1.807, 2.05) is 0 Å². The van der Waals surface area contributed by atoms with Gasteiger partial charge in [-0.25, -0.2) is 4.98 Å². The van der Waals surface area contributed by atoms with Gasteiger partial charge in [-0.2, -0.15) is 0 Å². The third-order valence-electron chi connectivity index (χ3n) is 1.89. The third kappa shape index (κ3) is 3.49. The van der Waals surface area contributed by atoms with Gasteiger partial charge in [0.25, 0.3) is 0 Å². The quantitative estimate of drug-likeness (QED) is 0.766. The average molecular weight is 273 g/mol. The predicted molar refractivity (Wildman–Crippen MR) is 63.5 cm³/mol. The van der Waals surface area contributed by atoms with Crippen molar-refractivity contribution in [1.82, 2.24) is 10.3 Å². The molecular weight excluding hydrogens is 260 g/mol. The molecule has 0 spiro atoms. The van der Waals surface area contributed by atoms with Crippen molar-refractivity contribution in [2.24, 2.45) is 0 Å². The van der Waals surface area contributed by atoms with Gasteiger partial charge < -0.3 is 16.4 Å². The minimum absolute atomic E-state index is 0.150. The molecule has 1 aromatic heterocycles. The lowest BCUT2D eigenvalue weighted by Gasteiger charge is -2.10. The summed E-state index contributed by atoms with van der Waals surface area (Å²) < 4.78 is 0.780. The zero-order valence-corrected chi connectivity index (χ0v) is 10.1. The molecule has 1 amide bonds. The molecule has 0 bridgehead atoms. The highest BCUT2D eigenvalue weighted by Crippen LogP contribution is 2.17. The minimum Gasteiger partial charge on any atom is -0.384 e. The molecule has 0 fully saturated rings. The number of halogens is 1. The van der Waals surface area contributed by atoms with Crippen molar-refractivity contribution >= 4 is 33.5 Å². The summed E-state index contributed by atoms with van der Waals surface area (Å²) in [5.74, 6) is 0.647. The summed E-state index contributed by atoms with van der Waals surface area (Å²) in [6.45, 7) is 1.76. The van der Waals surface area contributed by atoms with Crippen LogP contribution in [0.15, 0.2) is 16.6 Å². The zero-order chi connectivity index (χ0) is 11.4. The highest BCUT2D eigenvalue weighted by molar-refractivity contribution is 9.10. The Morgan fingerprint density at radius 3 is 2.80 bits per heavy atom. The van der Waals surface area contributed by atoms with E-state index in [1.165, 1.54) is 0 Å². The van der Waals surface area contributed by atoms with E-state index in [0.29, 0.717) is 11.6 Å². The highest BCUT2D eigenvalue weighted by atomic mass is 79.9. The van der Waals surface area contributed by atoms with E-state index in [-0.39, 0.29) is 11.9 Å². The van der Waals surface area contributed by atoms with Gasteiger partial charge in [0.05, 0.1) is 6.04 Å². The van der Waals surface area contributed by atoms with Crippen LogP contribution in [0.1, 0.15) is 6.92 Å². The van der Waals surface area contributed by atoms with Gasteiger partial charge in [-0.05, 0) is 26.1 Å². The number of carbonyl (C=O) groups is 1. The lowest BCUT2D eigenvalue weighted by Crippen LogP contribution is -2.35. The molecule has 0 saturated heterocycles. The molecule has 4 N–H and O–H groups in total. The first-order valence-electron chi connectivity index (χ1n) is 4.44. The van der Waals surface area contributed by atoms with E-state index in [1.54, 1.807) is 26.1 Å². The summed E-state index contributed by atoms with van der Waals surface area (Å²) in [4.78, 5) is 15.5. The minimum atomic E-state index is -0.271. The summed E-state index contributed by atoms with van der Waals surface area (Å²) >= 11 is 3.27. The van der Waals surface area contributed by atoms with Gasteiger partial charge in [0.1, 0.15) is 11.6 Å². The van der Waals surface area contributed by atoms with E-state index >= 15 is 0 Å².